The molecule has 8 aromatic rings. The minimum Gasteiger partial charge on any atom is -0.436 e. The molecule has 8 aromatic carbocycles. The van der Waals surface area contributed by atoms with Crippen LogP contribution in [-0.2, 0) is 82.9 Å². The van der Waals surface area contributed by atoms with E-state index in [9.17, 15) is 44.4 Å². The molecule has 0 saturated heterocycles. The Morgan fingerprint density at radius 2 is 0.646 bits per heavy atom. The van der Waals surface area contributed by atoms with E-state index in [0.717, 1.165) is 72.3 Å². The molecular weight excluding hydrogens is 1860 g/mol. The lowest BCUT2D eigenvalue weighted by Gasteiger charge is -2.42. The second kappa shape index (κ2) is 48.2. The number of likely N-dealkylation sites (N-methyl/N-ethyl adjacent to an activating group) is 3. The van der Waals surface area contributed by atoms with Crippen LogP contribution in [0.4, 0.5) is 19.2 Å². The lowest BCUT2D eigenvalue weighted by molar-refractivity contribution is 0.0363. The van der Waals surface area contributed by atoms with Gasteiger partial charge in [0, 0.05) is 164 Å². The molecule has 0 aromatic heterocycles. The minimum absolute atomic E-state index is 0.00685. The number of carbonyl (C=O) groups excluding carboxylic acids is 4. The highest BCUT2D eigenvalue weighted by Gasteiger charge is 2.42. The molecule has 9 N–H and O–H groups in total. The first-order valence-electron chi connectivity index (χ1n) is 42.9. The first-order valence-corrected chi connectivity index (χ1v) is 49.6. The van der Waals surface area contributed by atoms with Gasteiger partial charge in [0.2, 0.25) is 30.1 Å². The van der Waals surface area contributed by atoms with Crippen LogP contribution in [0, 0.1) is 0 Å². The third-order valence-electron chi connectivity index (χ3n) is 23.1. The number of hydrogen-bond donors (Lipinski definition) is 9. The van der Waals surface area contributed by atoms with Crippen molar-refractivity contribution >= 4 is 124 Å². The van der Waals surface area contributed by atoms with Crippen LogP contribution in [0.2, 0.25) is 30.1 Å². The summed E-state index contributed by atoms with van der Waals surface area (Å²) in [6, 6.07) is 44.9. The van der Waals surface area contributed by atoms with Crippen LogP contribution in [0.3, 0.4) is 0 Å². The fourth-order valence-electron chi connectivity index (χ4n) is 16.7. The van der Waals surface area contributed by atoms with E-state index in [0.29, 0.717) is 69.4 Å². The first-order chi connectivity index (χ1) is 62.5. The zero-order chi connectivity index (χ0) is 92.5. The maximum Gasteiger partial charge on any atom is 0.410 e. The van der Waals surface area contributed by atoms with E-state index in [1.807, 2.05) is 106 Å². The second-order valence-corrected chi connectivity index (χ2v) is 40.1. The van der Waals surface area contributed by atoms with Crippen LogP contribution in [-0.4, -0.2) is 261 Å². The number of ether oxygens (including phenoxy) is 7. The Morgan fingerprint density at radius 1 is 0.362 bits per heavy atom. The highest BCUT2D eigenvalue weighted by Crippen LogP contribution is 2.47. The van der Waals surface area contributed by atoms with Gasteiger partial charge < -0.3 is 84.7 Å². The van der Waals surface area contributed by atoms with Gasteiger partial charge >= 0.3 is 24.2 Å². The van der Waals surface area contributed by atoms with Crippen molar-refractivity contribution in [3.8, 4) is 11.1 Å². The smallest absolute Gasteiger partial charge is 0.410 e. The van der Waals surface area contributed by atoms with Crippen molar-refractivity contribution in [1.29, 1.82) is 0 Å². The highest BCUT2D eigenvalue weighted by atomic mass is 35.5. The normalized spacial score (nSPS) is 15.9. The van der Waals surface area contributed by atoms with Crippen molar-refractivity contribution in [2.24, 2.45) is 0 Å². The van der Waals surface area contributed by atoms with Gasteiger partial charge in [0.05, 0.1) is 99.5 Å². The van der Waals surface area contributed by atoms with Gasteiger partial charge in [0.1, 0.15) is 0 Å². The van der Waals surface area contributed by atoms with E-state index in [2.05, 4.69) is 60.8 Å². The number of hydrogen-bond acceptors (Lipinski definition) is 20. The average Bonchev–Trinajstić information content (AvgIpc) is 1.50. The van der Waals surface area contributed by atoms with Crippen LogP contribution in [0.15, 0.2) is 172 Å². The molecule has 4 aliphatic rings. The Balaban J connectivity index is 0.608. The number of nitrogens with one attached hydrogen (secondary N) is 9. The molecule has 0 unspecified atom stereocenters. The van der Waals surface area contributed by atoms with Crippen molar-refractivity contribution in [2.75, 3.05) is 186 Å². The van der Waals surface area contributed by atoms with E-state index >= 15 is 0 Å². The van der Waals surface area contributed by atoms with Crippen molar-refractivity contribution < 1.29 is 77.6 Å². The topological polar surface area (TPSA) is 357 Å². The highest BCUT2D eigenvalue weighted by molar-refractivity contribution is 7.90. The Bertz CT molecular complexity index is 5120. The van der Waals surface area contributed by atoms with E-state index in [1.54, 1.807) is 61.6 Å². The third kappa shape index (κ3) is 27.8. The number of amides is 7. The molecule has 0 spiro atoms. The number of rotatable bonds is 47. The maximum atomic E-state index is 15.0. The molecule has 0 saturated carbocycles. The fourth-order valence-corrected chi connectivity index (χ4v) is 21.6. The summed E-state index contributed by atoms with van der Waals surface area (Å²) in [6.07, 6.45) is -1.27. The largest absolute Gasteiger partial charge is 0.436 e. The van der Waals surface area contributed by atoms with E-state index in [-0.39, 0.29) is 190 Å². The predicted molar refractivity (Wildman–Crippen MR) is 502 cm³/mol. The summed E-state index contributed by atoms with van der Waals surface area (Å²) in [5, 5.41) is 20.2. The van der Waals surface area contributed by atoms with Gasteiger partial charge in [0.25, 0.3) is 0 Å². The zero-order valence-electron chi connectivity index (χ0n) is 72.8. The molecule has 0 bridgehead atoms. The number of nitrogens with zero attached hydrogens (tertiary/aromatic N) is 4. The lowest BCUT2D eigenvalue weighted by atomic mass is 9.85. The monoisotopic (exact) mass is 1960 g/mol. The maximum absolute atomic E-state index is 15.0. The summed E-state index contributed by atoms with van der Waals surface area (Å²) in [6.45, 7) is 5.30. The first kappa shape index (κ1) is 101. The van der Waals surface area contributed by atoms with Gasteiger partial charge in [-0.2, -0.15) is 0 Å². The summed E-state index contributed by atoms with van der Waals surface area (Å²) in [7, 11) is -4.22. The molecule has 7 amide bonds. The molecule has 702 valence electrons. The third-order valence-corrected chi connectivity index (χ3v) is 29.2. The SMILES string of the molecule is CN1Cc2c(Cl)cc(Cl)cc2[C@H](c2cccc(S(=O)(=O)NCCOCCOCCNC(=O)NCCC(CCNC(=O)NCCOCCOCCNS(=O)(=O)c3cccc([C@@H]4CN(C)Cc5c(Cl)cc(Cl)cc54)c3)(CCNC(=O)NCCOCCOCCNS(=O)(=O)c3cccc([C@@H]4CN(C)Cc5c(Cl)cc(Cl)cc54)c3)N(C)C(=O)OC3c4ccccc4-c4ccccc43)c2)C1. The van der Waals surface area contributed by atoms with Gasteiger partial charge in [-0.25, -0.2) is 58.6 Å². The van der Waals surface area contributed by atoms with Gasteiger partial charge in [-0.15, -0.1) is 0 Å². The standard InChI is InChI=1S/C91H111Cl6N13O17S3/c1-107-55-77(74-49-64(92)52-83(95)80(74)58-107)61-12-9-15-67(46-61)128(115,116)104-31-37-124-43-40-121-34-28-101-87(111)98-25-22-91(110(4)90(114)127-86-72-20-7-5-18-70(72)71-19-6-8-21-73(71)86,23-26-99-88(112)102-29-35-122-41-44-125-38-32-105-129(117,118)68-16-10-13-62(47-68)78-56-108(2)59-81-75(78)50-65(93)53-84(81)96)24-27-100-89(113)103-30-36-123-42-45-126-39-33-106-130(119,120)69-17-11-14-63(48-69)79-57-109(3)60-82-76(79)51-66(94)54-85(82)97/h5-21,46-54,77-79,86,104-106H,22-45,55-60H2,1-4H3,(H2,98,101,111)(H2,99,102,112)(H2,100,103,113)/t77-,78-,79-/m0/s1. The second-order valence-electron chi connectivity index (χ2n) is 32.2. The van der Waals surface area contributed by atoms with Gasteiger partial charge in [0.15, 0.2) is 6.10 Å². The fraction of sp³-hybridized carbons (Fsp3) is 0.429. The quantitative estimate of drug-likeness (QED) is 0.0160. The molecule has 130 heavy (non-hydrogen) atoms. The number of benzene rings is 8. The number of fused-ring (bicyclic) bond motifs is 6. The molecule has 0 radical (unpaired) electrons. The van der Waals surface area contributed by atoms with E-state index in [1.165, 1.54) is 23.1 Å². The Hall–Kier alpha value is -8.05. The van der Waals surface area contributed by atoms with Crippen LogP contribution >= 0.6 is 69.6 Å². The van der Waals surface area contributed by atoms with Crippen LogP contribution in [0.5, 0.6) is 0 Å². The lowest BCUT2D eigenvalue weighted by Crippen LogP contribution is -2.55. The van der Waals surface area contributed by atoms with Crippen molar-refractivity contribution in [2.45, 2.75) is 83.0 Å². The van der Waals surface area contributed by atoms with Crippen molar-refractivity contribution in [3.63, 3.8) is 0 Å². The van der Waals surface area contributed by atoms with Crippen molar-refractivity contribution in [1.82, 2.24) is 65.7 Å². The molecular formula is C91H111Cl6N13O17S3. The van der Waals surface area contributed by atoms with E-state index < -0.39 is 65.9 Å². The molecule has 3 aliphatic heterocycles. The zero-order valence-corrected chi connectivity index (χ0v) is 79.7. The van der Waals surface area contributed by atoms with Gasteiger partial charge in [-0.3, -0.25) is 0 Å². The average molecular weight is 1970 g/mol. The van der Waals surface area contributed by atoms with Gasteiger partial charge in [-0.1, -0.05) is 155 Å². The Morgan fingerprint density at radius 3 is 0.954 bits per heavy atom. The molecule has 30 nitrogen and oxygen atoms in total. The minimum atomic E-state index is -3.92. The number of sulfonamides is 3. The summed E-state index contributed by atoms with van der Waals surface area (Å²) in [4.78, 5) is 63.9. The summed E-state index contributed by atoms with van der Waals surface area (Å²) < 4.78 is 130. The molecule has 1 aliphatic carbocycles. The summed E-state index contributed by atoms with van der Waals surface area (Å²) in [5.41, 5.74) is 10.3. The molecule has 12 rings (SSSR count). The van der Waals surface area contributed by atoms with Crippen molar-refractivity contribution in [3.05, 3.63) is 249 Å². The van der Waals surface area contributed by atoms with Gasteiger partial charge in [-0.05, 0) is 174 Å². The van der Waals surface area contributed by atoms with Crippen LogP contribution < -0.4 is 46.1 Å². The molecule has 39 heteroatoms. The Labute approximate surface area is 790 Å². The summed E-state index contributed by atoms with van der Waals surface area (Å²) in [5.74, 6) is -0.474. The predicted octanol–water partition coefficient (Wildman–Crippen LogP) is 12.3. The summed E-state index contributed by atoms with van der Waals surface area (Å²) >= 11 is 39.1. The Kier molecular flexibility index (Phi) is 37.4. The van der Waals surface area contributed by atoms with Crippen LogP contribution in [0.25, 0.3) is 11.1 Å². The molecule has 3 heterocycles. The van der Waals surface area contributed by atoms with Crippen LogP contribution in [0.1, 0.15) is 104 Å². The molecule has 3 atom stereocenters. The number of urea groups is 3. The molecule has 0 fully saturated rings. The number of carbonyl (C=O) groups is 4. The van der Waals surface area contributed by atoms with E-state index in [4.69, 9.17) is 103 Å². The number of halogens is 6.